The second-order valence-electron chi connectivity index (χ2n) is 5.08. The number of para-hydroxylation sites is 1. The van der Waals surface area contributed by atoms with Gasteiger partial charge in [0.15, 0.2) is 5.82 Å². The van der Waals surface area contributed by atoms with Crippen molar-refractivity contribution in [3.63, 3.8) is 0 Å². The number of nitrogens with zero attached hydrogens (tertiary/aromatic N) is 2. The lowest BCUT2D eigenvalue weighted by molar-refractivity contribution is 0.192. The van der Waals surface area contributed by atoms with Crippen LogP contribution in [0.2, 0.25) is 0 Å². The highest BCUT2D eigenvalue weighted by Crippen LogP contribution is 2.29. The van der Waals surface area contributed by atoms with Crippen molar-refractivity contribution in [2.45, 2.75) is 12.3 Å². The highest BCUT2D eigenvalue weighted by molar-refractivity contribution is 5.86. The Labute approximate surface area is 121 Å². The van der Waals surface area contributed by atoms with Crippen LogP contribution in [0.3, 0.4) is 0 Å². The van der Waals surface area contributed by atoms with Gasteiger partial charge in [-0.3, -0.25) is 0 Å². The van der Waals surface area contributed by atoms with Crippen LogP contribution < -0.4 is 4.74 Å². The van der Waals surface area contributed by atoms with Gasteiger partial charge >= 0.3 is 0 Å². The summed E-state index contributed by atoms with van der Waals surface area (Å²) in [6, 6.07) is 7.83. The van der Waals surface area contributed by atoms with Crippen LogP contribution in [0.25, 0.3) is 11.6 Å². The molecule has 1 aromatic carbocycles. The van der Waals surface area contributed by atoms with Gasteiger partial charge < -0.3 is 14.0 Å². The first kappa shape index (κ1) is 12.3. The van der Waals surface area contributed by atoms with Crippen molar-refractivity contribution in [2.24, 2.45) is 0 Å². The molecule has 5 nitrogen and oxygen atoms in total. The van der Waals surface area contributed by atoms with Crippen LogP contribution >= 0.6 is 0 Å². The second-order valence-corrected chi connectivity index (χ2v) is 5.08. The molecule has 21 heavy (non-hydrogen) atoms. The Hall–Kier alpha value is -2.40. The number of hydrogen-bond donors (Lipinski definition) is 0. The Balaban J connectivity index is 1.68. The summed E-state index contributed by atoms with van der Waals surface area (Å²) in [5.74, 6) is 2.28. The zero-order valence-corrected chi connectivity index (χ0v) is 11.4. The van der Waals surface area contributed by atoms with E-state index in [0.717, 1.165) is 35.7 Å². The first-order chi connectivity index (χ1) is 10.4. The lowest BCUT2D eigenvalue weighted by Crippen LogP contribution is -1.99. The molecular formula is C16H14N2O3. The first-order valence-electron chi connectivity index (χ1n) is 6.96. The fourth-order valence-corrected chi connectivity index (χ4v) is 2.49. The summed E-state index contributed by atoms with van der Waals surface area (Å²) in [7, 11) is 0. The maximum absolute atomic E-state index is 5.56. The lowest BCUT2D eigenvalue weighted by Gasteiger charge is -2.01. The van der Waals surface area contributed by atoms with Crippen LogP contribution in [0.4, 0.5) is 0 Å². The van der Waals surface area contributed by atoms with Gasteiger partial charge in [0, 0.05) is 23.7 Å². The molecule has 4 rings (SSSR count). The molecule has 3 heterocycles. The maximum Gasteiger partial charge on any atom is 0.258 e. The highest BCUT2D eigenvalue weighted by atomic mass is 16.5. The van der Waals surface area contributed by atoms with Gasteiger partial charge in [0.25, 0.3) is 5.89 Å². The first-order valence-corrected chi connectivity index (χ1v) is 6.96. The average Bonchev–Trinajstić information content (AvgIpc) is 3.14. The average molecular weight is 282 g/mol. The zero-order valence-electron chi connectivity index (χ0n) is 11.4. The summed E-state index contributed by atoms with van der Waals surface area (Å²) < 4.78 is 16.3. The molecule has 1 aromatic heterocycles. The van der Waals surface area contributed by atoms with Gasteiger partial charge in [-0.1, -0.05) is 23.4 Å². The van der Waals surface area contributed by atoms with Crippen molar-refractivity contribution >= 4 is 11.6 Å². The molecule has 2 aromatic rings. The predicted octanol–water partition coefficient (Wildman–Crippen LogP) is 3.02. The fourth-order valence-electron chi connectivity index (χ4n) is 2.49. The molecule has 106 valence electrons. The zero-order chi connectivity index (χ0) is 14.1. The van der Waals surface area contributed by atoms with Gasteiger partial charge in [0.05, 0.1) is 12.9 Å². The van der Waals surface area contributed by atoms with E-state index in [1.807, 2.05) is 36.4 Å². The smallest absolute Gasteiger partial charge is 0.258 e. The van der Waals surface area contributed by atoms with Gasteiger partial charge in [-0.2, -0.15) is 4.98 Å². The van der Waals surface area contributed by atoms with E-state index in [0.29, 0.717) is 12.5 Å². The van der Waals surface area contributed by atoms with Crippen molar-refractivity contribution in [2.75, 3.05) is 13.2 Å². The molecule has 0 radical (unpaired) electrons. The van der Waals surface area contributed by atoms with E-state index in [2.05, 4.69) is 10.1 Å². The molecule has 0 bridgehead atoms. The summed E-state index contributed by atoms with van der Waals surface area (Å²) in [4.78, 5) is 4.50. The van der Waals surface area contributed by atoms with Crippen LogP contribution in [0, 0.1) is 0 Å². The molecule has 1 atom stereocenters. The van der Waals surface area contributed by atoms with Gasteiger partial charge in [-0.15, -0.1) is 0 Å². The monoisotopic (exact) mass is 282 g/mol. The standard InChI is InChI=1S/C16H14N2O3/c1-2-4-14-11(3-1)9-12(6-8-20-14)16-17-15(18-21-16)13-5-7-19-10-13/h1-4,6,8-9,13H,5,7,10H2/t13-/m1/s1. The Morgan fingerprint density at radius 3 is 3.05 bits per heavy atom. The molecule has 1 saturated heterocycles. The second kappa shape index (κ2) is 5.18. The van der Waals surface area contributed by atoms with Crippen molar-refractivity contribution in [1.29, 1.82) is 0 Å². The third-order valence-electron chi connectivity index (χ3n) is 3.66. The minimum atomic E-state index is 0.237. The van der Waals surface area contributed by atoms with Crippen molar-refractivity contribution < 1.29 is 14.0 Å². The summed E-state index contributed by atoms with van der Waals surface area (Å²) in [6.07, 6.45) is 6.41. The molecule has 0 N–H and O–H groups in total. The topological polar surface area (TPSA) is 57.4 Å². The highest BCUT2D eigenvalue weighted by Gasteiger charge is 2.24. The lowest BCUT2D eigenvalue weighted by atomic mass is 10.1. The van der Waals surface area contributed by atoms with Crippen LogP contribution in [0.5, 0.6) is 5.75 Å². The Morgan fingerprint density at radius 1 is 1.19 bits per heavy atom. The number of fused-ring (bicyclic) bond motifs is 1. The van der Waals surface area contributed by atoms with E-state index < -0.39 is 0 Å². The maximum atomic E-state index is 5.56. The van der Waals surface area contributed by atoms with Gasteiger partial charge in [-0.05, 0) is 24.6 Å². The minimum absolute atomic E-state index is 0.237. The third-order valence-corrected chi connectivity index (χ3v) is 3.66. The van der Waals surface area contributed by atoms with Gasteiger partial charge in [0.1, 0.15) is 5.75 Å². The summed E-state index contributed by atoms with van der Waals surface area (Å²) >= 11 is 0. The van der Waals surface area contributed by atoms with E-state index in [1.165, 1.54) is 0 Å². The van der Waals surface area contributed by atoms with Gasteiger partial charge in [-0.25, -0.2) is 0 Å². The Bertz CT molecular complexity index is 712. The molecular weight excluding hydrogens is 268 g/mol. The summed E-state index contributed by atoms with van der Waals surface area (Å²) in [5.41, 5.74) is 1.83. The molecule has 0 spiro atoms. The number of allylic oxidation sites excluding steroid dienone is 2. The largest absolute Gasteiger partial charge is 0.464 e. The molecule has 0 amide bonds. The number of aromatic nitrogens is 2. The Morgan fingerprint density at radius 2 is 2.14 bits per heavy atom. The summed E-state index contributed by atoms with van der Waals surface area (Å²) in [5, 5.41) is 4.08. The van der Waals surface area contributed by atoms with Crippen LogP contribution in [0.1, 0.15) is 29.6 Å². The van der Waals surface area contributed by atoms with E-state index in [1.54, 1.807) is 6.26 Å². The van der Waals surface area contributed by atoms with Crippen LogP contribution in [-0.2, 0) is 4.74 Å². The van der Waals surface area contributed by atoms with Crippen LogP contribution in [0.15, 0.2) is 41.1 Å². The van der Waals surface area contributed by atoms with Crippen LogP contribution in [-0.4, -0.2) is 23.4 Å². The molecule has 2 aliphatic rings. The fraction of sp³-hybridized carbons (Fsp3) is 0.250. The van der Waals surface area contributed by atoms with E-state index in [9.17, 15) is 0 Å². The number of benzene rings is 1. The minimum Gasteiger partial charge on any atom is -0.464 e. The van der Waals surface area contributed by atoms with E-state index in [-0.39, 0.29) is 5.92 Å². The van der Waals surface area contributed by atoms with E-state index >= 15 is 0 Å². The molecule has 2 aliphatic heterocycles. The molecule has 1 fully saturated rings. The predicted molar refractivity (Wildman–Crippen MR) is 76.6 cm³/mol. The Kier molecular flexibility index (Phi) is 3.05. The van der Waals surface area contributed by atoms with Crippen molar-refractivity contribution in [3.8, 4) is 5.75 Å². The third kappa shape index (κ3) is 2.36. The quantitative estimate of drug-likeness (QED) is 0.847. The summed E-state index contributed by atoms with van der Waals surface area (Å²) in [6.45, 7) is 1.43. The van der Waals surface area contributed by atoms with Gasteiger partial charge in [0.2, 0.25) is 0 Å². The normalized spacial score (nSPS) is 20.6. The van der Waals surface area contributed by atoms with E-state index in [4.69, 9.17) is 14.0 Å². The van der Waals surface area contributed by atoms with Crippen molar-refractivity contribution in [3.05, 3.63) is 53.9 Å². The number of ether oxygens (including phenoxy) is 2. The SMILES string of the molecule is C1=CC(c2nc([C@@H]3CCOC3)no2)=Cc2ccccc2O1. The molecule has 0 saturated carbocycles. The number of rotatable bonds is 2. The molecule has 0 aliphatic carbocycles. The number of hydrogen-bond acceptors (Lipinski definition) is 5. The molecule has 5 heteroatoms. The van der Waals surface area contributed by atoms with Crippen molar-refractivity contribution in [1.82, 2.24) is 10.1 Å². The molecule has 0 unspecified atom stereocenters.